The van der Waals surface area contributed by atoms with Crippen LogP contribution < -0.4 is 10.1 Å². The molecular formula is C35H52N4O5. The summed E-state index contributed by atoms with van der Waals surface area (Å²) in [5, 5.41) is 13.3. The topological polar surface area (TPSA) is 104 Å². The van der Waals surface area contributed by atoms with Crippen LogP contribution in [0, 0.1) is 11.8 Å². The summed E-state index contributed by atoms with van der Waals surface area (Å²) >= 11 is 0. The highest BCUT2D eigenvalue weighted by atomic mass is 16.5. The van der Waals surface area contributed by atoms with Gasteiger partial charge in [0.15, 0.2) is 0 Å². The minimum absolute atomic E-state index is 0.00442. The largest absolute Gasteiger partial charge is 0.490 e. The molecule has 9 nitrogen and oxygen atoms in total. The van der Waals surface area contributed by atoms with Gasteiger partial charge in [-0.05, 0) is 88.9 Å². The van der Waals surface area contributed by atoms with Crippen LogP contribution >= 0.6 is 0 Å². The molecule has 1 aliphatic carbocycles. The number of aliphatic hydroxyl groups is 1. The number of pyridine rings is 1. The quantitative estimate of drug-likeness (QED) is 0.406. The van der Waals surface area contributed by atoms with Crippen molar-refractivity contribution in [3.63, 3.8) is 0 Å². The number of carbonyl (C=O) groups is 2. The van der Waals surface area contributed by atoms with E-state index in [9.17, 15) is 14.7 Å². The van der Waals surface area contributed by atoms with E-state index in [1.807, 2.05) is 32.0 Å². The zero-order valence-corrected chi connectivity index (χ0v) is 27.0. The van der Waals surface area contributed by atoms with Gasteiger partial charge >= 0.3 is 0 Å². The highest BCUT2D eigenvalue weighted by Crippen LogP contribution is 2.30. The first-order valence-corrected chi connectivity index (χ1v) is 16.5. The van der Waals surface area contributed by atoms with Gasteiger partial charge in [0.1, 0.15) is 5.75 Å². The van der Waals surface area contributed by atoms with Gasteiger partial charge in [-0.3, -0.25) is 19.5 Å². The third-order valence-corrected chi connectivity index (χ3v) is 8.99. The molecule has 4 atom stereocenters. The molecule has 1 saturated carbocycles. The second-order valence-electron chi connectivity index (χ2n) is 12.9. The number of hydrogen-bond donors (Lipinski definition) is 2. The molecule has 9 heteroatoms. The zero-order valence-electron chi connectivity index (χ0n) is 27.0. The van der Waals surface area contributed by atoms with Crippen LogP contribution in [-0.2, 0) is 16.1 Å². The molecule has 1 aromatic carbocycles. The van der Waals surface area contributed by atoms with Crippen LogP contribution in [0.3, 0.4) is 0 Å². The van der Waals surface area contributed by atoms with Gasteiger partial charge in [0.05, 0.1) is 30.4 Å². The Morgan fingerprint density at radius 1 is 1.09 bits per heavy atom. The second kappa shape index (κ2) is 16.9. The van der Waals surface area contributed by atoms with Gasteiger partial charge in [-0.2, -0.15) is 0 Å². The van der Waals surface area contributed by atoms with E-state index in [2.05, 4.69) is 29.2 Å². The maximum Gasteiger partial charge on any atom is 0.258 e. The molecule has 1 aliphatic heterocycles. The van der Waals surface area contributed by atoms with Crippen LogP contribution in [0.1, 0.15) is 88.1 Å². The molecule has 2 amide bonds. The Labute approximate surface area is 263 Å². The van der Waals surface area contributed by atoms with Crippen molar-refractivity contribution in [1.82, 2.24) is 14.8 Å². The maximum absolute atomic E-state index is 14.3. The van der Waals surface area contributed by atoms with Crippen molar-refractivity contribution < 1.29 is 24.2 Å². The number of benzene rings is 1. The zero-order chi connectivity index (χ0) is 31.5. The first-order chi connectivity index (χ1) is 21.2. The number of aliphatic hydroxyl groups excluding tert-OH is 1. The molecule has 44 heavy (non-hydrogen) atoms. The first kappa shape index (κ1) is 33.9. The number of likely N-dealkylation sites (N-methyl/N-ethyl adjacent to an activating group) is 1. The van der Waals surface area contributed by atoms with E-state index in [-0.39, 0.29) is 42.5 Å². The number of ether oxygens (including phenoxy) is 2. The summed E-state index contributed by atoms with van der Waals surface area (Å²) in [6, 6.07) is 8.99. The molecule has 0 saturated heterocycles. The lowest BCUT2D eigenvalue weighted by Crippen LogP contribution is -2.47. The van der Waals surface area contributed by atoms with Gasteiger partial charge in [-0.15, -0.1) is 0 Å². The number of anilines is 1. The molecule has 4 rings (SSSR count). The number of aromatic nitrogens is 1. The van der Waals surface area contributed by atoms with Crippen LogP contribution in [0.25, 0.3) is 0 Å². The molecule has 2 N–H and O–H groups in total. The fourth-order valence-electron chi connectivity index (χ4n) is 6.24. The van der Waals surface area contributed by atoms with E-state index in [1.54, 1.807) is 29.4 Å². The summed E-state index contributed by atoms with van der Waals surface area (Å²) in [5.41, 5.74) is 2.17. The smallest absolute Gasteiger partial charge is 0.258 e. The van der Waals surface area contributed by atoms with Crippen LogP contribution in [0.2, 0.25) is 0 Å². The Morgan fingerprint density at radius 3 is 2.55 bits per heavy atom. The van der Waals surface area contributed by atoms with Crippen LogP contribution in [0.15, 0.2) is 42.7 Å². The van der Waals surface area contributed by atoms with Gasteiger partial charge in [0.25, 0.3) is 5.91 Å². The van der Waals surface area contributed by atoms with Crippen LogP contribution in [0.4, 0.5) is 5.69 Å². The van der Waals surface area contributed by atoms with E-state index in [0.29, 0.717) is 36.7 Å². The number of hydrogen-bond acceptors (Lipinski definition) is 7. The van der Waals surface area contributed by atoms with E-state index in [0.717, 1.165) is 51.5 Å². The SMILES string of the molecule is C[C@@H]1CN([C@H](C)CO)C(=O)c2cc(NC(=O)C3CCCCC3)ccc2O[C@@H](C)CCCCO[C@@H]1CN(C)Cc1ccncc1. The van der Waals surface area contributed by atoms with Crippen molar-refractivity contribution in [3.05, 3.63) is 53.9 Å². The molecule has 0 bridgehead atoms. The molecule has 0 spiro atoms. The summed E-state index contributed by atoms with van der Waals surface area (Å²) in [6.45, 7) is 8.33. The Hall–Kier alpha value is -3.01. The number of amides is 2. The van der Waals surface area contributed by atoms with Gasteiger partial charge in [-0.1, -0.05) is 26.2 Å². The molecule has 0 unspecified atom stereocenters. The lowest BCUT2D eigenvalue weighted by Gasteiger charge is -2.36. The molecular weight excluding hydrogens is 556 g/mol. The lowest BCUT2D eigenvalue weighted by atomic mass is 9.88. The first-order valence-electron chi connectivity index (χ1n) is 16.5. The molecule has 2 aromatic rings. The molecule has 1 fully saturated rings. The van der Waals surface area contributed by atoms with Crippen LogP contribution in [-0.4, -0.2) is 83.3 Å². The predicted molar refractivity (Wildman–Crippen MR) is 173 cm³/mol. The van der Waals surface area contributed by atoms with E-state index in [1.165, 1.54) is 12.0 Å². The van der Waals surface area contributed by atoms with Gasteiger partial charge in [-0.25, -0.2) is 0 Å². The van der Waals surface area contributed by atoms with Crippen LogP contribution in [0.5, 0.6) is 5.75 Å². The number of nitrogens with one attached hydrogen (secondary N) is 1. The second-order valence-corrected chi connectivity index (χ2v) is 12.9. The van der Waals surface area contributed by atoms with E-state index < -0.39 is 6.04 Å². The van der Waals surface area contributed by atoms with Crippen molar-refractivity contribution >= 4 is 17.5 Å². The summed E-state index contributed by atoms with van der Waals surface area (Å²) < 4.78 is 12.8. The van der Waals surface area contributed by atoms with Crippen molar-refractivity contribution in [2.45, 2.75) is 96.9 Å². The number of carbonyl (C=O) groups excluding carboxylic acids is 2. The Morgan fingerprint density at radius 2 is 1.82 bits per heavy atom. The summed E-state index contributed by atoms with van der Waals surface area (Å²) in [4.78, 5) is 35.5. The fraction of sp³-hybridized carbons (Fsp3) is 0.629. The number of fused-ring (bicyclic) bond motifs is 1. The van der Waals surface area contributed by atoms with Crippen molar-refractivity contribution in [2.75, 3.05) is 38.7 Å². The highest BCUT2D eigenvalue weighted by Gasteiger charge is 2.31. The third-order valence-electron chi connectivity index (χ3n) is 8.99. The summed E-state index contributed by atoms with van der Waals surface area (Å²) in [6.07, 6.45) is 11.2. The highest BCUT2D eigenvalue weighted by molar-refractivity contribution is 6.00. The lowest BCUT2D eigenvalue weighted by molar-refractivity contribution is -0.120. The Balaban J connectivity index is 1.59. The molecule has 1 aromatic heterocycles. The minimum atomic E-state index is -0.418. The summed E-state index contributed by atoms with van der Waals surface area (Å²) in [5.74, 6) is 0.286. The molecule has 242 valence electrons. The third kappa shape index (κ3) is 9.74. The van der Waals surface area contributed by atoms with E-state index in [4.69, 9.17) is 9.47 Å². The van der Waals surface area contributed by atoms with Gasteiger partial charge < -0.3 is 24.8 Å². The molecule has 2 heterocycles. The standard InChI is InChI=1S/C35H52N4O5/c1-25-21-39(26(2)24-40)35(42)31-20-30(37-34(41)29-11-6-5-7-12-29)13-14-32(31)44-27(3)10-8-9-19-43-33(25)23-38(4)22-28-15-17-36-18-16-28/h13-18,20,25-27,29,33,40H,5-12,19,21-24H2,1-4H3,(H,37,41)/t25-,26-,27+,33-/m1/s1. The van der Waals surface area contributed by atoms with Gasteiger partial charge in [0, 0.05) is 56.2 Å². The van der Waals surface area contributed by atoms with Crippen molar-refractivity contribution in [2.24, 2.45) is 11.8 Å². The molecule has 2 aliphatic rings. The van der Waals surface area contributed by atoms with Crippen molar-refractivity contribution in [1.29, 1.82) is 0 Å². The number of nitrogens with zero attached hydrogens (tertiary/aromatic N) is 3. The summed E-state index contributed by atoms with van der Waals surface area (Å²) in [7, 11) is 2.08. The number of rotatable bonds is 8. The fourth-order valence-corrected chi connectivity index (χ4v) is 6.24. The maximum atomic E-state index is 14.3. The Kier molecular flexibility index (Phi) is 13.0. The van der Waals surface area contributed by atoms with Crippen molar-refractivity contribution in [3.8, 4) is 5.75 Å². The van der Waals surface area contributed by atoms with Gasteiger partial charge in [0.2, 0.25) is 5.91 Å². The predicted octanol–water partition coefficient (Wildman–Crippen LogP) is 5.53. The monoisotopic (exact) mass is 608 g/mol. The van der Waals surface area contributed by atoms with E-state index >= 15 is 0 Å². The Bertz CT molecular complexity index is 1190. The molecule has 0 radical (unpaired) electrons. The normalized spacial score (nSPS) is 23.4. The average molecular weight is 609 g/mol. The minimum Gasteiger partial charge on any atom is -0.490 e. The average Bonchev–Trinajstić information content (AvgIpc) is 3.03.